The quantitative estimate of drug-likeness (QED) is 0.785. The summed E-state index contributed by atoms with van der Waals surface area (Å²) in [5, 5.41) is 0. The standard InChI is InChI=1S/C19H22N4O4S2/c1-18-17(21-28(3,24)25)20-19(23(18)29(4,26)27,14-10-6-5-7-11-14)15-12-8-9-13-16(15)22(18)2/h5-13H,1-4H3,(H,20,21)/t18-,19-/m1/s1. The van der Waals surface area contributed by atoms with Crippen molar-refractivity contribution in [3.63, 3.8) is 0 Å². The summed E-state index contributed by atoms with van der Waals surface area (Å²) in [6.07, 6.45) is 2.14. The molecule has 0 unspecified atom stereocenters. The number of hydrogen-bond donors (Lipinski definition) is 1. The van der Waals surface area contributed by atoms with E-state index in [2.05, 4.69) is 4.72 Å². The zero-order valence-electron chi connectivity index (χ0n) is 16.5. The molecule has 1 N–H and O–H groups in total. The van der Waals surface area contributed by atoms with Gasteiger partial charge in [-0.05, 0) is 13.0 Å². The Labute approximate surface area is 171 Å². The predicted octanol–water partition coefficient (Wildman–Crippen LogP) is 1.28. The molecule has 2 bridgehead atoms. The molecule has 29 heavy (non-hydrogen) atoms. The van der Waals surface area contributed by atoms with Gasteiger partial charge in [0.25, 0.3) is 0 Å². The van der Waals surface area contributed by atoms with Gasteiger partial charge in [0.05, 0.1) is 12.5 Å². The monoisotopic (exact) mass is 434 g/mol. The molecule has 8 nitrogen and oxygen atoms in total. The Bertz CT molecular complexity index is 1230. The van der Waals surface area contributed by atoms with Crippen molar-refractivity contribution in [2.75, 3.05) is 24.5 Å². The number of rotatable bonds is 3. The Morgan fingerprint density at radius 3 is 2.10 bits per heavy atom. The first-order valence-electron chi connectivity index (χ1n) is 8.90. The Morgan fingerprint density at radius 2 is 1.52 bits per heavy atom. The van der Waals surface area contributed by atoms with Gasteiger partial charge in [0.1, 0.15) is 0 Å². The highest BCUT2D eigenvalue weighted by molar-refractivity contribution is 7.89. The predicted molar refractivity (Wildman–Crippen MR) is 113 cm³/mol. The van der Waals surface area contributed by atoms with Crippen LogP contribution >= 0.6 is 0 Å². The molecule has 10 heteroatoms. The van der Waals surface area contributed by atoms with Gasteiger partial charge in [-0.1, -0.05) is 48.5 Å². The summed E-state index contributed by atoms with van der Waals surface area (Å²) in [5.41, 5.74) is -0.752. The van der Waals surface area contributed by atoms with Crippen LogP contribution in [0.4, 0.5) is 5.69 Å². The fourth-order valence-corrected chi connectivity index (χ4v) is 6.52. The number of sulfonamides is 2. The lowest BCUT2D eigenvalue weighted by Gasteiger charge is -2.52. The van der Waals surface area contributed by atoms with Gasteiger partial charge in [0.2, 0.25) is 20.0 Å². The van der Waals surface area contributed by atoms with E-state index in [0.717, 1.165) is 18.2 Å². The summed E-state index contributed by atoms with van der Waals surface area (Å²) in [4.78, 5) is 6.52. The lowest BCUT2D eigenvalue weighted by atomic mass is 9.87. The molecule has 2 heterocycles. The summed E-state index contributed by atoms with van der Waals surface area (Å²) >= 11 is 0. The minimum absolute atomic E-state index is 0.0491. The summed E-state index contributed by atoms with van der Waals surface area (Å²) < 4.78 is 54.3. The van der Waals surface area contributed by atoms with Crippen molar-refractivity contribution in [2.24, 2.45) is 4.99 Å². The van der Waals surface area contributed by atoms with Crippen molar-refractivity contribution in [3.8, 4) is 0 Å². The third kappa shape index (κ3) is 2.70. The van der Waals surface area contributed by atoms with Crippen LogP contribution < -0.4 is 9.62 Å². The second-order valence-corrected chi connectivity index (χ2v) is 11.1. The van der Waals surface area contributed by atoms with Crippen LogP contribution in [0.2, 0.25) is 0 Å². The Morgan fingerprint density at radius 1 is 0.931 bits per heavy atom. The molecule has 4 rings (SSSR count). The number of anilines is 1. The smallest absolute Gasteiger partial charge is 0.230 e. The molecule has 2 atom stereocenters. The van der Waals surface area contributed by atoms with Crippen LogP contribution in [-0.2, 0) is 25.7 Å². The number of nitrogens with zero attached hydrogens (tertiary/aromatic N) is 3. The summed E-state index contributed by atoms with van der Waals surface area (Å²) in [7, 11) is -5.82. The Balaban J connectivity index is 2.18. The number of fused-ring (bicyclic) bond motifs is 4. The SMILES string of the molecule is CN1c2ccccc2[C@]2(c3ccccc3)N=C(NS(C)(=O)=O)[C@@]1(C)N2S(C)(=O)=O. The zero-order valence-corrected chi connectivity index (χ0v) is 18.1. The van der Waals surface area contributed by atoms with E-state index < -0.39 is 31.4 Å². The molecule has 0 amide bonds. The highest BCUT2D eigenvalue weighted by Gasteiger charge is 2.67. The molecule has 2 aliphatic rings. The lowest BCUT2D eigenvalue weighted by molar-refractivity contribution is 0.169. The minimum Gasteiger partial charge on any atom is -0.349 e. The fourth-order valence-electron chi connectivity index (χ4n) is 4.35. The van der Waals surface area contributed by atoms with Gasteiger partial charge in [-0.2, -0.15) is 0 Å². The summed E-state index contributed by atoms with van der Waals surface area (Å²) in [6.45, 7) is 1.66. The molecule has 2 aromatic rings. The van der Waals surface area contributed by atoms with Crippen LogP contribution in [0.25, 0.3) is 0 Å². The molecule has 0 spiro atoms. The lowest BCUT2D eigenvalue weighted by Crippen LogP contribution is -2.69. The molecular weight excluding hydrogens is 412 g/mol. The van der Waals surface area contributed by atoms with Crippen molar-refractivity contribution in [1.82, 2.24) is 9.03 Å². The average Bonchev–Trinajstić information content (AvgIpc) is 2.87. The molecule has 0 fully saturated rings. The third-order valence-electron chi connectivity index (χ3n) is 5.50. The van der Waals surface area contributed by atoms with E-state index >= 15 is 0 Å². The molecule has 0 aromatic heterocycles. The zero-order chi connectivity index (χ0) is 21.2. The van der Waals surface area contributed by atoms with Gasteiger partial charge in [0, 0.05) is 23.9 Å². The topological polar surface area (TPSA) is 99.2 Å². The molecule has 0 saturated carbocycles. The van der Waals surface area contributed by atoms with Crippen LogP contribution in [0.5, 0.6) is 0 Å². The van der Waals surface area contributed by atoms with Gasteiger partial charge < -0.3 is 4.90 Å². The maximum Gasteiger partial charge on any atom is 0.230 e. The van der Waals surface area contributed by atoms with E-state index in [4.69, 9.17) is 4.99 Å². The highest BCUT2D eigenvalue weighted by Crippen LogP contribution is 2.56. The van der Waals surface area contributed by atoms with Crippen molar-refractivity contribution < 1.29 is 16.8 Å². The number of para-hydroxylation sites is 1. The number of hydrogen-bond acceptors (Lipinski definition) is 6. The second kappa shape index (κ2) is 6.04. The fraction of sp³-hybridized carbons (Fsp3) is 0.316. The van der Waals surface area contributed by atoms with Crippen LogP contribution in [-0.4, -0.2) is 52.2 Å². The van der Waals surface area contributed by atoms with Crippen LogP contribution in [0.3, 0.4) is 0 Å². The van der Waals surface area contributed by atoms with E-state index in [0.29, 0.717) is 11.1 Å². The van der Waals surface area contributed by atoms with Crippen molar-refractivity contribution >= 4 is 31.6 Å². The molecule has 0 saturated heterocycles. The van der Waals surface area contributed by atoms with Gasteiger partial charge in [-0.15, -0.1) is 4.31 Å². The van der Waals surface area contributed by atoms with Crippen molar-refractivity contribution in [3.05, 3.63) is 65.7 Å². The normalized spacial score (nSPS) is 26.8. The second-order valence-electron chi connectivity index (χ2n) is 7.50. The van der Waals surface area contributed by atoms with Crippen LogP contribution in [0.1, 0.15) is 18.1 Å². The van der Waals surface area contributed by atoms with Gasteiger partial charge >= 0.3 is 0 Å². The molecule has 154 valence electrons. The van der Waals surface area contributed by atoms with E-state index in [9.17, 15) is 16.8 Å². The number of benzene rings is 2. The molecule has 2 aliphatic heterocycles. The molecule has 2 aromatic carbocycles. The number of amidine groups is 1. The van der Waals surface area contributed by atoms with Gasteiger partial charge in [-0.25, -0.2) is 21.8 Å². The Hall–Kier alpha value is -2.43. The number of likely N-dealkylation sites (N-methyl/N-ethyl adjacent to an activating group) is 1. The molecule has 0 aliphatic carbocycles. The maximum absolute atomic E-state index is 13.1. The van der Waals surface area contributed by atoms with Crippen LogP contribution in [0.15, 0.2) is 59.6 Å². The van der Waals surface area contributed by atoms with Crippen LogP contribution in [0, 0.1) is 0 Å². The first-order valence-corrected chi connectivity index (χ1v) is 12.6. The number of nitrogens with one attached hydrogen (secondary N) is 1. The van der Waals surface area contributed by atoms with Gasteiger partial charge in [-0.3, -0.25) is 4.72 Å². The van der Waals surface area contributed by atoms with E-state index in [-0.39, 0.29) is 5.84 Å². The minimum atomic E-state index is -3.85. The average molecular weight is 435 g/mol. The maximum atomic E-state index is 13.1. The van der Waals surface area contributed by atoms with Gasteiger partial charge in [0.15, 0.2) is 17.2 Å². The Kier molecular flexibility index (Phi) is 4.14. The van der Waals surface area contributed by atoms with E-state index in [1.165, 1.54) is 4.31 Å². The molecular formula is C19H22N4O4S2. The largest absolute Gasteiger partial charge is 0.349 e. The van der Waals surface area contributed by atoms with Crippen molar-refractivity contribution in [1.29, 1.82) is 0 Å². The number of aliphatic imine (C=N–C) groups is 1. The third-order valence-corrected chi connectivity index (χ3v) is 7.34. The van der Waals surface area contributed by atoms with E-state index in [1.54, 1.807) is 43.1 Å². The first-order chi connectivity index (χ1) is 13.4. The summed E-state index contributed by atoms with van der Waals surface area (Å²) in [6, 6.07) is 16.4. The van der Waals surface area contributed by atoms with Crippen molar-refractivity contribution in [2.45, 2.75) is 18.2 Å². The highest BCUT2D eigenvalue weighted by atomic mass is 32.2. The molecule has 0 radical (unpaired) electrons. The first kappa shape index (κ1) is 19.9. The summed E-state index contributed by atoms with van der Waals surface area (Å²) in [5.74, 6) is 0.0491. The van der Waals surface area contributed by atoms with E-state index in [1.807, 2.05) is 30.3 Å².